The second-order valence-corrected chi connectivity index (χ2v) is 5.55. The van der Waals surface area contributed by atoms with Crippen molar-refractivity contribution in [3.8, 4) is 0 Å². The Balaban J connectivity index is 2.04. The largest absolute Gasteiger partial charge is 0.402 e. The molecule has 1 aliphatic rings. The molecule has 1 aromatic rings. The number of hydrogen-bond donors (Lipinski definition) is 3. The van der Waals surface area contributed by atoms with Gasteiger partial charge in [-0.15, -0.1) is 0 Å². The van der Waals surface area contributed by atoms with E-state index in [2.05, 4.69) is 10.6 Å². The highest BCUT2D eigenvalue weighted by atomic mass is 16.2. The zero-order valence-corrected chi connectivity index (χ0v) is 14.4. The summed E-state index contributed by atoms with van der Waals surface area (Å²) in [4.78, 5) is 14.5. The second kappa shape index (κ2) is 8.82. The average Bonchev–Trinajstić information content (AvgIpc) is 2.90. The number of anilines is 1. The van der Waals surface area contributed by atoms with Gasteiger partial charge < -0.3 is 21.3 Å². The molecule has 5 heteroatoms. The molecule has 0 saturated heterocycles. The van der Waals surface area contributed by atoms with Gasteiger partial charge in [-0.2, -0.15) is 0 Å². The van der Waals surface area contributed by atoms with Crippen LogP contribution in [0.4, 0.5) is 5.69 Å². The van der Waals surface area contributed by atoms with E-state index in [9.17, 15) is 4.79 Å². The molecule has 1 aromatic carbocycles. The van der Waals surface area contributed by atoms with E-state index in [4.69, 9.17) is 5.73 Å². The third-order valence-electron chi connectivity index (χ3n) is 3.75. The van der Waals surface area contributed by atoms with Gasteiger partial charge in [0.2, 0.25) is 0 Å². The number of nitrogens with one attached hydrogen (secondary N) is 2. The molecule has 0 spiro atoms. The van der Waals surface area contributed by atoms with Gasteiger partial charge in [-0.05, 0) is 32.1 Å². The maximum atomic E-state index is 12.7. The molecule has 2 rings (SSSR count). The first-order valence-corrected chi connectivity index (χ1v) is 8.32. The summed E-state index contributed by atoms with van der Waals surface area (Å²) in [7, 11) is 0. The molecule has 0 fully saturated rings. The number of amides is 1. The Morgan fingerprint density at radius 1 is 1.29 bits per heavy atom. The fourth-order valence-electron chi connectivity index (χ4n) is 2.56. The van der Waals surface area contributed by atoms with Crippen LogP contribution in [0, 0.1) is 0 Å². The summed E-state index contributed by atoms with van der Waals surface area (Å²) in [6.45, 7) is 5.93. The van der Waals surface area contributed by atoms with Crippen molar-refractivity contribution >= 4 is 11.6 Å². The van der Waals surface area contributed by atoms with Crippen LogP contribution < -0.4 is 21.3 Å². The molecule has 1 aliphatic heterocycles. The minimum Gasteiger partial charge on any atom is -0.402 e. The van der Waals surface area contributed by atoms with E-state index >= 15 is 0 Å². The number of carbonyl (C=O) groups is 1. The van der Waals surface area contributed by atoms with Crippen LogP contribution in [0.1, 0.15) is 20.3 Å². The summed E-state index contributed by atoms with van der Waals surface area (Å²) in [5.41, 5.74) is 9.20. The molecule has 0 radical (unpaired) electrons. The molecule has 1 heterocycles. The smallest absolute Gasteiger partial charge is 0.276 e. The summed E-state index contributed by atoms with van der Waals surface area (Å²) in [5, 5.41) is 6.55. The van der Waals surface area contributed by atoms with E-state index in [0.717, 1.165) is 23.6 Å². The third-order valence-corrected chi connectivity index (χ3v) is 3.75. The maximum absolute atomic E-state index is 12.7. The molecule has 5 nitrogen and oxygen atoms in total. The predicted octanol–water partition coefficient (Wildman–Crippen LogP) is 2.25. The van der Waals surface area contributed by atoms with Crippen LogP contribution >= 0.6 is 0 Å². The predicted molar refractivity (Wildman–Crippen MR) is 99.2 cm³/mol. The highest BCUT2D eigenvalue weighted by Crippen LogP contribution is 2.23. The van der Waals surface area contributed by atoms with Crippen molar-refractivity contribution in [3.63, 3.8) is 0 Å². The Labute approximate surface area is 143 Å². The number of hydrogen-bond acceptors (Lipinski definition) is 4. The summed E-state index contributed by atoms with van der Waals surface area (Å²) < 4.78 is 0. The van der Waals surface area contributed by atoms with Gasteiger partial charge in [0.1, 0.15) is 5.70 Å². The van der Waals surface area contributed by atoms with Crippen LogP contribution in [0.2, 0.25) is 0 Å². The quantitative estimate of drug-likeness (QED) is 0.641. The van der Waals surface area contributed by atoms with Crippen LogP contribution in [0.25, 0.3) is 0 Å². The van der Waals surface area contributed by atoms with Gasteiger partial charge >= 0.3 is 0 Å². The molecule has 24 heavy (non-hydrogen) atoms. The van der Waals surface area contributed by atoms with E-state index in [1.54, 1.807) is 4.90 Å². The zero-order chi connectivity index (χ0) is 17.4. The number of nitrogens with zero attached hydrogens (tertiary/aromatic N) is 1. The first kappa shape index (κ1) is 17.7. The summed E-state index contributed by atoms with van der Waals surface area (Å²) in [6, 6.07) is 9.72. The van der Waals surface area contributed by atoms with Crippen LogP contribution in [-0.4, -0.2) is 25.5 Å². The van der Waals surface area contributed by atoms with Gasteiger partial charge in [0.15, 0.2) is 0 Å². The number of rotatable bonds is 8. The minimum absolute atomic E-state index is 0.00634. The van der Waals surface area contributed by atoms with Gasteiger partial charge in [0, 0.05) is 30.9 Å². The first-order valence-electron chi connectivity index (χ1n) is 8.32. The summed E-state index contributed by atoms with van der Waals surface area (Å²) in [6.07, 6.45) is 6.42. The van der Waals surface area contributed by atoms with Crippen molar-refractivity contribution in [1.82, 2.24) is 10.6 Å². The van der Waals surface area contributed by atoms with Crippen molar-refractivity contribution < 1.29 is 4.79 Å². The lowest BCUT2D eigenvalue weighted by molar-refractivity contribution is -0.114. The average molecular weight is 326 g/mol. The fraction of sp³-hybridized carbons (Fsp3) is 0.316. The minimum atomic E-state index is -0.00634. The van der Waals surface area contributed by atoms with Crippen LogP contribution in [0.15, 0.2) is 65.7 Å². The molecular formula is C19H26N4O. The van der Waals surface area contributed by atoms with Crippen LogP contribution in [0.5, 0.6) is 0 Å². The Morgan fingerprint density at radius 3 is 2.71 bits per heavy atom. The molecule has 0 saturated carbocycles. The Morgan fingerprint density at radius 2 is 2.04 bits per heavy atom. The molecule has 0 bridgehead atoms. The van der Waals surface area contributed by atoms with Crippen LogP contribution in [0.3, 0.4) is 0 Å². The van der Waals surface area contributed by atoms with E-state index < -0.39 is 0 Å². The highest BCUT2D eigenvalue weighted by Gasteiger charge is 2.30. The number of benzene rings is 1. The van der Waals surface area contributed by atoms with E-state index in [-0.39, 0.29) is 5.91 Å². The van der Waals surface area contributed by atoms with E-state index in [0.29, 0.717) is 25.2 Å². The summed E-state index contributed by atoms with van der Waals surface area (Å²) >= 11 is 0. The zero-order valence-electron chi connectivity index (χ0n) is 14.4. The van der Waals surface area contributed by atoms with Gasteiger partial charge in [-0.1, -0.05) is 30.4 Å². The van der Waals surface area contributed by atoms with Gasteiger partial charge in [0.05, 0.1) is 12.2 Å². The maximum Gasteiger partial charge on any atom is 0.276 e. The van der Waals surface area contributed by atoms with Gasteiger partial charge in [-0.3, -0.25) is 4.79 Å². The highest BCUT2D eigenvalue weighted by molar-refractivity contribution is 6.08. The molecule has 0 aliphatic carbocycles. The molecule has 4 N–H and O–H groups in total. The number of para-hydroxylation sites is 1. The lowest BCUT2D eigenvalue weighted by Crippen LogP contribution is -2.31. The standard InChI is InChI=1S/C19H26N4O/c1-3-5-9-15(20)12-13-22-18-17(21-4-2)14-23(19(18)24)16-10-7-6-8-11-16/h3,5-11,21-22H,4,12-14,20H2,1-2H3/b5-3-,15-9-. The molecule has 0 aromatic heterocycles. The fourth-order valence-corrected chi connectivity index (χ4v) is 2.56. The third kappa shape index (κ3) is 4.41. The SMILES string of the molecule is C/C=C\C=C(/N)CCNC1=C(NCC)CN(c2ccccc2)C1=O. The van der Waals surface area contributed by atoms with Gasteiger partial charge in [0.25, 0.3) is 5.91 Å². The van der Waals surface area contributed by atoms with Crippen molar-refractivity contribution in [1.29, 1.82) is 0 Å². The number of carbonyl (C=O) groups excluding carboxylic acids is 1. The normalized spacial score (nSPS) is 15.5. The van der Waals surface area contributed by atoms with Crippen LogP contribution in [-0.2, 0) is 4.79 Å². The Bertz CT molecular complexity index is 647. The second-order valence-electron chi connectivity index (χ2n) is 5.55. The van der Waals surface area contributed by atoms with Crippen molar-refractivity contribution in [2.24, 2.45) is 5.73 Å². The van der Waals surface area contributed by atoms with E-state index in [1.807, 2.05) is 62.4 Å². The molecule has 0 atom stereocenters. The lowest BCUT2D eigenvalue weighted by atomic mass is 10.2. The number of likely N-dealkylation sites (N-methyl/N-ethyl adjacent to an activating group) is 1. The molecule has 0 unspecified atom stereocenters. The molecule has 128 valence electrons. The number of nitrogens with two attached hydrogens (primary N) is 1. The summed E-state index contributed by atoms with van der Waals surface area (Å²) in [5.74, 6) is -0.00634. The Hall–Kier alpha value is -2.69. The molecule has 1 amide bonds. The van der Waals surface area contributed by atoms with Crippen molar-refractivity contribution in [2.45, 2.75) is 20.3 Å². The molecular weight excluding hydrogens is 300 g/mol. The van der Waals surface area contributed by atoms with E-state index in [1.165, 1.54) is 0 Å². The monoisotopic (exact) mass is 326 g/mol. The lowest BCUT2D eigenvalue weighted by Gasteiger charge is -2.16. The first-order chi connectivity index (χ1) is 11.7. The van der Waals surface area contributed by atoms with Gasteiger partial charge in [-0.25, -0.2) is 0 Å². The Kier molecular flexibility index (Phi) is 6.49. The number of allylic oxidation sites excluding steroid dienone is 3. The van der Waals surface area contributed by atoms with Crippen molar-refractivity contribution in [2.75, 3.05) is 24.5 Å². The van der Waals surface area contributed by atoms with Crippen molar-refractivity contribution in [3.05, 3.63) is 65.7 Å². The topological polar surface area (TPSA) is 70.4 Å².